The molecule has 1 aliphatic carbocycles. The smallest absolute Gasteiger partial charge is 0.00576 e. The second-order valence-corrected chi connectivity index (χ2v) is 5.59. The standard InChI is InChI=1S/C19H28/c1-6-13-11-18-16(9-4)15(8-3)17(10-5)19(18)12-14(13)7-2/h11-12,16H,6-10H2,1-5H3. The van der Waals surface area contributed by atoms with Gasteiger partial charge < -0.3 is 0 Å². The molecule has 1 aliphatic rings. The van der Waals surface area contributed by atoms with E-state index in [0.717, 1.165) is 12.8 Å². The quantitative estimate of drug-likeness (QED) is 0.616. The van der Waals surface area contributed by atoms with Gasteiger partial charge in [0, 0.05) is 5.92 Å². The number of allylic oxidation sites excluding steroid dienone is 2. The summed E-state index contributed by atoms with van der Waals surface area (Å²) in [6.07, 6.45) is 5.95. The van der Waals surface area contributed by atoms with E-state index in [2.05, 4.69) is 46.8 Å². The fraction of sp³-hybridized carbons (Fsp3) is 0.579. The lowest BCUT2D eigenvalue weighted by molar-refractivity contribution is 0.744. The van der Waals surface area contributed by atoms with Crippen molar-refractivity contribution in [1.29, 1.82) is 0 Å². The third-order valence-electron chi connectivity index (χ3n) is 4.79. The summed E-state index contributed by atoms with van der Waals surface area (Å²) in [6, 6.07) is 5.01. The SMILES string of the molecule is CCC1=C(CC)C(CC)c2cc(CC)c(CC)cc21. The van der Waals surface area contributed by atoms with Crippen LogP contribution in [0.2, 0.25) is 0 Å². The Hall–Kier alpha value is -1.04. The van der Waals surface area contributed by atoms with Crippen LogP contribution in [0.5, 0.6) is 0 Å². The van der Waals surface area contributed by atoms with Crippen LogP contribution < -0.4 is 0 Å². The van der Waals surface area contributed by atoms with Gasteiger partial charge in [-0.3, -0.25) is 0 Å². The van der Waals surface area contributed by atoms with Crippen LogP contribution in [0, 0.1) is 0 Å². The molecular formula is C19H28. The van der Waals surface area contributed by atoms with Gasteiger partial charge in [0.15, 0.2) is 0 Å². The minimum atomic E-state index is 0.686. The van der Waals surface area contributed by atoms with E-state index in [1.165, 1.54) is 19.3 Å². The molecule has 0 heterocycles. The first-order chi connectivity index (χ1) is 9.21. The molecule has 0 nitrogen and oxygen atoms in total. The molecular weight excluding hydrogens is 228 g/mol. The lowest BCUT2D eigenvalue weighted by atomic mass is 9.89. The molecule has 1 aromatic rings. The van der Waals surface area contributed by atoms with Crippen molar-refractivity contribution in [2.75, 3.05) is 0 Å². The normalized spacial score (nSPS) is 18.1. The molecule has 0 N–H and O–H groups in total. The number of hydrogen-bond acceptors (Lipinski definition) is 0. The van der Waals surface area contributed by atoms with Crippen LogP contribution in [-0.4, -0.2) is 0 Å². The number of fused-ring (bicyclic) bond motifs is 1. The van der Waals surface area contributed by atoms with Gasteiger partial charge in [-0.15, -0.1) is 0 Å². The van der Waals surface area contributed by atoms with Gasteiger partial charge in [-0.2, -0.15) is 0 Å². The highest BCUT2D eigenvalue weighted by atomic mass is 14.3. The van der Waals surface area contributed by atoms with Crippen molar-refractivity contribution in [3.8, 4) is 0 Å². The summed E-state index contributed by atoms with van der Waals surface area (Å²) in [6.45, 7) is 11.5. The van der Waals surface area contributed by atoms with E-state index >= 15 is 0 Å². The summed E-state index contributed by atoms with van der Waals surface area (Å²) in [5.41, 5.74) is 9.65. The fourth-order valence-electron chi connectivity index (χ4n) is 3.83. The van der Waals surface area contributed by atoms with Crippen molar-refractivity contribution in [3.63, 3.8) is 0 Å². The first-order valence-electron chi connectivity index (χ1n) is 8.09. The van der Waals surface area contributed by atoms with Crippen LogP contribution in [0.15, 0.2) is 17.7 Å². The molecule has 0 heteroatoms. The average molecular weight is 256 g/mol. The van der Waals surface area contributed by atoms with Gasteiger partial charge in [0.2, 0.25) is 0 Å². The maximum absolute atomic E-state index is 2.51. The topological polar surface area (TPSA) is 0 Å². The third-order valence-corrected chi connectivity index (χ3v) is 4.79. The highest BCUT2D eigenvalue weighted by Gasteiger charge is 2.28. The zero-order valence-corrected chi connectivity index (χ0v) is 13.3. The van der Waals surface area contributed by atoms with Crippen molar-refractivity contribution in [2.45, 2.75) is 72.6 Å². The second-order valence-electron chi connectivity index (χ2n) is 5.59. The maximum atomic E-state index is 2.51. The van der Waals surface area contributed by atoms with Gasteiger partial charge in [-0.05, 0) is 59.9 Å². The molecule has 0 aliphatic heterocycles. The number of rotatable bonds is 5. The molecule has 0 spiro atoms. The molecule has 0 amide bonds. The molecule has 0 saturated heterocycles. The van der Waals surface area contributed by atoms with Crippen LogP contribution in [0.4, 0.5) is 0 Å². The summed E-state index contributed by atoms with van der Waals surface area (Å²) in [5, 5.41) is 0. The Morgan fingerprint density at radius 1 is 0.789 bits per heavy atom. The van der Waals surface area contributed by atoms with Crippen molar-refractivity contribution in [2.24, 2.45) is 0 Å². The predicted octanol–water partition coefficient (Wildman–Crippen LogP) is 5.89. The van der Waals surface area contributed by atoms with Crippen LogP contribution in [0.25, 0.3) is 5.57 Å². The van der Waals surface area contributed by atoms with E-state index < -0.39 is 0 Å². The molecule has 19 heavy (non-hydrogen) atoms. The zero-order valence-electron chi connectivity index (χ0n) is 13.3. The number of benzene rings is 1. The molecule has 1 unspecified atom stereocenters. The highest BCUT2D eigenvalue weighted by Crippen LogP contribution is 2.47. The number of hydrogen-bond donors (Lipinski definition) is 0. The minimum absolute atomic E-state index is 0.686. The third kappa shape index (κ3) is 2.26. The Morgan fingerprint density at radius 3 is 1.89 bits per heavy atom. The van der Waals surface area contributed by atoms with Crippen molar-refractivity contribution >= 4 is 5.57 Å². The summed E-state index contributed by atoms with van der Waals surface area (Å²) < 4.78 is 0. The van der Waals surface area contributed by atoms with E-state index in [1.807, 2.05) is 0 Å². The first kappa shape index (κ1) is 14.4. The van der Waals surface area contributed by atoms with Crippen molar-refractivity contribution in [1.82, 2.24) is 0 Å². The van der Waals surface area contributed by atoms with Gasteiger partial charge in [-0.25, -0.2) is 0 Å². The molecule has 0 saturated carbocycles. The summed E-state index contributed by atoms with van der Waals surface area (Å²) in [5.74, 6) is 0.686. The van der Waals surface area contributed by atoms with Gasteiger partial charge in [-0.1, -0.05) is 52.3 Å². The Bertz CT molecular complexity index is 491. The molecule has 1 aromatic carbocycles. The molecule has 0 aromatic heterocycles. The zero-order chi connectivity index (χ0) is 14.0. The van der Waals surface area contributed by atoms with Gasteiger partial charge in [0.25, 0.3) is 0 Å². The van der Waals surface area contributed by atoms with E-state index in [1.54, 1.807) is 33.4 Å². The molecule has 0 bridgehead atoms. The van der Waals surface area contributed by atoms with Gasteiger partial charge in [0.05, 0.1) is 0 Å². The van der Waals surface area contributed by atoms with Crippen molar-refractivity contribution in [3.05, 3.63) is 40.0 Å². The summed E-state index contributed by atoms with van der Waals surface area (Å²) in [4.78, 5) is 0. The minimum Gasteiger partial charge on any atom is -0.0645 e. The van der Waals surface area contributed by atoms with Crippen LogP contribution >= 0.6 is 0 Å². The molecule has 1 atom stereocenters. The fourth-order valence-corrected chi connectivity index (χ4v) is 3.83. The maximum Gasteiger partial charge on any atom is 0.00576 e. The highest BCUT2D eigenvalue weighted by molar-refractivity contribution is 5.79. The Labute approximate surface area is 118 Å². The van der Waals surface area contributed by atoms with E-state index in [0.29, 0.717) is 5.92 Å². The molecule has 2 rings (SSSR count). The molecule has 0 radical (unpaired) electrons. The number of aryl methyl sites for hydroxylation is 2. The summed E-state index contributed by atoms with van der Waals surface area (Å²) >= 11 is 0. The Balaban J connectivity index is 2.63. The van der Waals surface area contributed by atoms with Crippen LogP contribution in [0.1, 0.15) is 82.1 Å². The van der Waals surface area contributed by atoms with Gasteiger partial charge in [0.1, 0.15) is 0 Å². The Morgan fingerprint density at radius 2 is 1.42 bits per heavy atom. The van der Waals surface area contributed by atoms with E-state index in [-0.39, 0.29) is 0 Å². The lowest BCUT2D eigenvalue weighted by Crippen LogP contribution is -2.00. The molecule has 104 valence electrons. The molecule has 0 fully saturated rings. The monoisotopic (exact) mass is 256 g/mol. The van der Waals surface area contributed by atoms with E-state index in [9.17, 15) is 0 Å². The lowest BCUT2D eigenvalue weighted by Gasteiger charge is -2.16. The second kappa shape index (κ2) is 5.94. The van der Waals surface area contributed by atoms with E-state index in [4.69, 9.17) is 0 Å². The van der Waals surface area contributed by atoms with Gasteiger partial charge >= 0.3 is 0 Å². The largest absolute Gasteiger partial charge is 0.0645 e. The Kier molecular flexibility index (Phi) is 4.50. The average Bonchev–Trinajstić information content (AvgIpc) is 2.76. The predicted molar refractivity (Wildman–Crippen MR) is 85.7 cm³/mol. The summed E-state index contributed by atoms with van der Waals surface area (Å²) in [7, 11) is 0. The van der Waals surface area contributed by atoms with Crippen LogP contribution in [-0.2, 0) is 12.8 Å². The van der Waals surface area contributed by atoms with Crippen molar-refractivity contribution < 1.29 is 0 Å². The van der Waals surface area contributed by atoms with Crippen LogP contribution in [0.3, 0.4) is 0 Å². The first-order valence-corrected chi connectivity index (χ1v) is 8.09.